The van der Waals surface area contributed by atoms with Crippen LogP contribution in [0, 0.1) is 0 Å². The molecule has 2 aromatic carbocycles. The fraction of sp³-hybridized carbons (Fsp3) is 0.435. The maximum absolute atomic E-state index is 13.2. The third-order valence-electron chi connectivity index (χ3n) is 5.67. The maximum Gasteiger partial charge on any atom is 0.261 e. The Kier molecular flexibility index (Phi) is 6.36. The summed E-state index contributed by atoms with van der Waals surface area (Å²) in [5.41, 5.74) is 0.728. The van der Waals surface area contributed by atoms with Crippen LogP contribution in [-0.4, -0.2) is 45.0 Å². The molecule has 8 heteroatoms. The highest BCUT2D eigenvalue weighted by Gasteiger charge is 2.31. The van der Waals surface area contributed by atoms with Crippen LogP contribution in [-0.2, 0) is 10.0 Å². The summed E-state index contributed by atoms with van der Waals surface area (Å²) in [4.78, 5) is 15.2. The maximum atomic E-state index is 13.2. The molecule has 4 rings (SSSR count). The van der Waals surface area contributed by atoms with Gasteiger partial charge in [0.15, 0.2) is 0 Å². The van der Waals surface area contributed by atoms with Gasteiger partial charge in [-0.1, -0.05) is 6.92 Å². The number of benzene rings is 2. The van der Waals surface area contributed by atoms with E-state index in [0.717, 1.165) is 38.6 Å². The summed E-state index contributed by atoms with van der Waals surface area (Å²) in [6, 6.07) is 11.3. The van der Waals surface area contributed by atoms with Gasteiger partial charge in [0.2, 0.25) is 0 Å². The highest BCUT2D eigenvalue weighted by Crippen LogP contribution is 2.31. The molecule has 7 nitrogen and oxygen atoms in total. The van der Waals surface area contributed by atoms with E-state index < -0.39 is 10.0 Å². The number of ether oxygens (including phenoxy) is 2. The van der Waals surface area contributed by atoms with Crippen molar-refractivity contribution in [2.24, 2.45) is 0 Å². The molecule has 1 atom stereocenters. The minimum atomic E-state index is -3.81. The van der Waals surface area contributed by atoms with E-state index >= 15 is 0 Å². The summed E-state index contributed by atoms with van der Waals surface area (Å²) in [6.45, 7) is 3.85. The first kappa shape index (κ1) is 21.5. The zero-order valence-electron chi connectivity index (χ0n) is 17.7. The highest BCUT2D eigenvalue weighted by molar-refractivity contribution is 7.92. The fourth-order valence-corrected chi connectivity index (χ4v) is 5.11. The van der Waals surface area contributed by atoms with Crippen molar-refractivity contribution in [1.82, 2.24) is 4.90 Å². The lowest BCUT2D eigenvalue weighted by molar-refractivity contribution is 0.0548. The van der Waals surface area contributed by atoms with Gasteiger partial charge in [0, 0.05) is 24.7 Å². The van der Waals surface area contributed by atoms with Crippen molar-refractivity contribution in [1.29, 1.82) is 0 Å². The molecule has 0 aliphatic carbocycles. The number of nitrogens with one attached hydrogen (secondary N) is 1. The average molecular weight is 445 g/mol. The monoisotopic (exact) mass is 444 g/mol. The van der Waals surface area contributed by atoms with Crippen LogP contribution in [0.4, 0.5) is 5.69 Å². The van der Waals surface area contributed by atoms with Gasteiger partial charge in [-0.05, 0) is 68.1 Å². The summed E-state index contributed by atoms with van der Waals surface area (Å²) >= 11 is 0. The molecule has 0 aromatic heterocycles. The van der Waals surface area contributed by atoms with Gasteiger partial charge >= 0.3 is 0 Å². The summed E-state index contributed by atoms with van der Waals surface area (Å²) in [5, 5.41) is 0. The lowest BCUT2D eigenvalue weighted by Crippen LogP contribution is -2.45. The number of carbonyl (C=O) groups excluding carboxylic acids is 1. The second-order valence-corrected chi connectivity index (χ2v) is 9.60. The van der Waals surface area contributed by atoms with Crippen molar-refractivity contribution in [3.8, 4) is 11.5 Å². The standard InChI is InChI=1S/C23H28N2O5S/c1-2-14-29-19-7-9-20(10-8-19)31(27,28)24-17-6-11-22-21(16-17)23(26)25-13-4-3-5-18(25)12-15-30-22/h6-11,16,18,24H,2-5,12-15H2,1H3. The van der Waals surface area contributed by atoms with Gasteiger partial charge in [-0.3, -0.25) is 9.52 Å². The molecule has 0 bridgehead atoms. The second kappa shape index (κ2) is 9.18. The smallest absolute Gasteiger partial charge is 0.261 e. The first-order valence-corrected chi connectivity index (χ1v) is 12.3. The number of nitrogens with zero attached hydrogens (tertiary/aromatic N) is 1. The normalized spacial score (nSPS) is 18.8. The number of rotatable bonds is 6. The van der Waals surface area contributed by atoms with E-state index in [9.17, 15) is 13.2 Å². The summed E-state index contributed by atoms with van der Waals surface area (Å²) in [6.07, 6.45) is 4.78. The van der Waals surface area contributed by atoms with Crippen LogP contribution in [0.3, 0.4) is 0 Å². The van der Waals surface area contributed by atoms with Crippen LogP contribution in [0.2, 0.25) is 0 Å². The van der Waals surface area contributed by atoms with Gasteiger partial charge in [-0.15, -0.1) is 0 Å². The fourth-order valence-electron chi connectivity index (χ4n) is 4.06. The van der Waals surface area contributed by atoms with E-state index in [1.807, 2.05) is 11.8 Å². The lowest BCUT2D eigenvalue weighted by atomic mass is 9.97. The van der Waals surface area contributed by atoms with Crippen LogP contribution in [0.1, 0.15) is 49.4 Å². The van der Waals surface area contributed by atoms with Gasteiger partial charge in [0.1, 0.15) is 11.5 Å². The number of amides is 1. The molecular weight excluding hydrogens is 416 g/mol. The van der Waals surface area contributed by atoms with Gasteiger partial charge in [-0.2, -0.15) is 0 Å². The average Bonchev–Trinajstić information content (AvgIpc) is 2.77. The number of hydrogen-bond acceptors (Lipinski definition) is 5. The molecule has 1 fully saturated rings. The molecule has 2 aromatic rings. The topological polar surface area (TPSA) is 84.9 Å². The number of anilines is 1. The summed E-state index contributed by atoms with van der Waals surface area (Å²) in [5.74, 6) is 1.02. The Bertz CT molecular complexity index is 1040. The molecule has 166 valence electrons. The van der Waals surface area contributed by atoms with E-state index in [0.29, 0.717) is 36.0 Å². The first-order chi connectivity index (χ1) is 15.0. The van der Waals surface area contributed by atoms with Crippen molar-refractivity contribution in [2.45, 2.75) is 50.0 Å². The van der Waals surface area contributed by atoms with Gasteiger partial charge < -0.3 is 14.4 Å². The number of hydrogen-bond donors (Lipinski definition) is 1. The van der Waals surface area contributed by atoms with E-state index in [2.05, 4.69) is 4.72 Å². The summed E-state index contributed by atoms with van der Waals surface area (Å²) in [7, 11) is -3.81. The molecule has 2 heterocycles. The zero-order chi connectivity index (χ0) is 21.8. The molecule has 1 saturated heterocycles. The molecule has 1 amide bonds. The van der Waals surface area contributed by atoms with Crippen LogP contribution in [0.5, 0.6) is 11.5 Å². The van der Waals surface area contributed by atoms with Crippen molar-refractivity contribution in [2.75, 3.05) is 24.5 Å². The Morgan fingerprint density at radius 2 is 1.94 bits per heavy atom. The number of sulfonamides is 1. The van der Waals surface area contributed by atoms with E-state index in [4.69, 9.17) is 9.47 Å². The molecule has 1 unspecified atom stereocenters. The molecule has 2 aliphatic heterocycles. The summed E-state index contributed by atoms with van der Waals surface area (Å²) < 4.78 is 39.6. The molecular formula is C23H28N2O5S. The van der Waals surface area contributed by atoms with E-state index in [-0.39, 0.29) is 16.8 Å². The Morgan fingerprint density at radius 1 is 1.13 bits per heavy atom. The third-order valence-corrected chi connectivity index (χ3v) is 7.06. The van der Waals surface area contributed by atoms with Crippen LogP contribution >= 0.6 is 0 Å². The first-order valence-electron chi connectivity index (χ1n) is 10.8. The number of fused-ring (bicyclic) bond motifs is 2. The van der Waals surface area contributed by atoms with Crippen LogP contribution < -0.4 is 14.2 Å². The number of piperidine rings is 1. The quantitative estimate of drug-likeness (QED) is 0.726. The minimum absolute atomic E-state index is 0.0992. The molecule has 1 N–H and O–H groups in total. The molecule has 31 heavy (non-hydrogen) atoms. The largest absolute Gasteiger partial charge is 0.494 e. The van der Waals surface area contributed by atoms with E-state index in [1.54, 1.807) is 30.3 Å². The second-order valence-electron chi connectivity index (χ2n) is 7.92. The predicted molar refractivity (Wildman–Crippen MR) is 118 cm³/mol. The van der Waals surface area contributed by atoms with E-state index in [1.165, 1.54) is 12.1 Å². The van der Waals surface area contributed by atoms with Crippen molar-refractivity contribution in [3.05, 3.63) is 48.0 Å². The Labute approximate surface area is 183 Å². The Morgan fingerprint density at radius 3 is 2.71 bits per heavy atom. The molecule has 0 saturated carbocycles. The zero-order valence-corrected chi connectivity index (χ0v) is 18.5. The number of carbonyl (C=O) groups is 1. The SMILES string of the molecule is CCCOc1ccc(S(=O)(=O)Nc2ccc3c(c2)C(=O)N2CCCCC2CCO3)cc1. The van der Waals surface area contributed by atoms with Crippen LogP contribution in [0.15, 0.2) is 47.4 Å². The predicted octanol–water partition coefficient (Wildman–Crippen LogP) is 4.05. The third kappa shape index (κ3) is 4.79. The van der Waals surface area contributed by atoms with Crippen molar-refractivity contribution in [3.63, 3.8) is 0 Å². The molecule has 0 radical (unpaired) electrons. The van der Waals surface area contributed by atoms with Crippen molar-refractivity contribution >= 4 is 21.6 Å². The highest BCUT2D eigenvalue weighted by atomic mass is 32.2. The molecule has 0 spiro atoms. The van der Waals surface area contributed by atoms with Crippen molar-refractivity contribution < 1.29 is 22.7 Å². The Hall–Kier alpha value is -2.74. The van der Waals surface area contributed by atoms with Gasteiger partial charge in [0.25, 0.3) is 15.9 Å². The van der Waals surface area contributed by atoms with Crippen LogP contribution in [0.25, 0.3) is 0 Å². The minimum Gasteiger partial charge on any atom is -0.494 e. The van der Waals surface area contributed by atoms with Gasteiger partial charge in [-0.25, -0.2) is 8.42 Å². The Balaban J connectivity index is 1.56. The lowest BCUT2D eigenvalue weighted by Gasteiger charge is -2.37. The van der Waals surface area contributed by atoms with Gasteiger partial charge in [0.05, 0.1) is 23.7 Å². The molecule has 2 aliphatic rings.